The van der Waals surface area contributed by atoms with E-state index in [1.807, 2.05) is 13.8 Å². The van der Waals surface area contributed by atoms with Crippen LogP contribution in [0.3, 0.4) is 0 Å². The molecule has 5 amide bonds. The lowest BCUT2D eigenvalue weighted by atomic mass is 10.0. The second-order valence-electron chi connectivity index (χ2n) is 14.4. The topological polar surface area (TPSA) is 314 Å². The van der Waals surface area contributed by atoms with Gasteiger partial charge in [-0.3, -0.25) is 29.0 Å². The Morgan fingerprint density at radius 1 is 0.643 bits per heavy atom. The molecule has 2 aromatic carbocycles. The molecule has 14 N–H and O–H groups in total. The lowest BCUT2D eigenvalue weighted by Crippen LogP contribution is -2.57. The summed E-state index contributed by atoms with van der Waals surface area (Å²) in [6.07, 6.45) is 0.844. The Bertz CT molecular complexity index is 1650. The average molecular weight is 784 g/mol. The van der Waals surface area contributed by atoms with Gasteiger partial charge < -0.3 is 59.1 Å². The summed E-state index contributed by atoms with van der Waals surface area (Å²) in [6.45, 7) is 6.91. The molecule has 56 heavy (non-hydrogen) atoms. The zero-order chi connectivity index (χ0) is 41.9. The summed E-state index contributed by atoms with van der Waals surface area (Å²) < 4.78 is 0. The fraction of sp³-hybridized carbons (Fsp3) is 0.500. The van der Waals surface area contributed by atoms with E-state index in [9.17, 15) is 44.1 Å². The monoisotopic (exact) mass is 783 g/mol. The van der Waals surface area contributed by atoms with Gasteiger partial charge in [0.05, 0.1) is 12.6 Å². The predicted molar refractivity (Wildman–Crippen MR) is 209 cm³/mol. The van der Waals surface area contributed by atoms with Crippen LogP contribution >= 0.6 is 0 Å². The number of aliphatic carboxylic acids is 1. The van der Waals surface area contributed by atoms with E-state index in [2.05, 4.69) is 31.6 Å². The third-order valence-corrected chi connectivity index (χ3v) is 8.43. The molecule has 0 fully saturated rings. The van der Waals surface area contributed by atoms with Crippen LogP contribution in [0.5, 0.6) is 11.5 Å². The lowest BCUT2D eigenvalue weighted by molar-refractivity contribution is -0.142. The summed E-state index contributed by atoms with van der Waals surface area (Å²) in [7, 11) is 0. The quantitative estimate of drug-likeness (QED) is 0.0386. The molecule has 0 aliphatic rings. The minimum Gasteiger partial charge on any atom is -0.508 e. The maximum atomic E-state index is 13.7. The minimum absolute atomic E-state index is 0.00201. The van der Waals surface area contributed by atoms with Gasteiger partial charge >= 0.3 is 5.97 Å². The summed E-state index contributed by atoms with van der Waals surface area (Å²) in [5.74, 6) is -5.07. The van der Waals surface area contributed by atoms with Crippen molar-refractivity contribution < 1.29 is 44.1 Å². The molecule has 2 rings (SSSR count). The van der Waals surface area contributed by atoms with Crippen LogP contribution < -0.4 is 43.8 Å². The Kier molecular flexibility index (Phi) is 19.1. The number of amides is 5. The van der Waals surface area contributed by atoms with E-state index in [4.69, 9.17) is 17.2 Å². The molecule has 0 aliphatic heterocycles. The summed E-state index contributed by atoms with van der Waals surface area (Å²) in [5, 5.41) is 41.9. The number of carboxylic acids is 1. The number of carbonyl (C=O) groups excluding carboxylic acids is 5. The van der Waals surface area contributed by atoms with Crippen LogP contribution in [-0.4, -0.2) is 100 Å². The Morgan fingerprint density at radius 2 is 1.09 bits per heavy atom. The Labute approximate surface area is 326 Å². The van der Waals surface area contributed by atoms with Gasteiger partial charge in [0.2, 0.25) is 29.5 Å². The zero-order valence-corrected chi connectivity index (χ0v) is 32.3. The highest BCUT2D eigenvalue weighted by molar-refractivity contribution is 5.95. The molecular formula is C38H57N9O9. The molecule has 0 aliphatic carbocycles. The molecule has 2 unspecified atom stereocenters. The Balaban J connectivity index is 2.20. The third kappa shape index (κ3) is 17.5. The predicted octanol–water partition coefficient (Wildman–Crippen LogP) is -0.504. The third-order valence-electron chi connectivity index (χ3n) is 8.43. The smallest absolute Gasteiger partial charge is 0.326 e. The van der Waals surface area contributed by atoms with E-state index in [1.54, 1.807) is 38.1 Å². The molecule has 0 heterocycles. The van der Waals surface area contributed by atoms with Crippen LogP contribution in [0.1, 0.15) is 64.5 Å². The van der Waals surface area contributed by atoms with Gasteiger partial charge in [-0.2, -0.15) is 0 Å². The van der Waals surface area contributed by atoms with Crippen molar-refractivity contribution in [2.75, 3.05) is 13.1 Å². The van der Waals surface area contributed by atoms with Crippen molar-refractivity contribution in [3.05, 3.63) is 59.7 Å². The SMILES string of the molecule is CC(C)CC(NC(=O)[C@H](Cc1ccc(O)cc1)NC(=O)CNC(=O)C(CC(C)C)NC(=O)[C@H](Cc1ccc(O)cc1)NC(=O)[C@@H](N)CCCN=C(N)N)C(=O)O. The number of hydrogen-bond donors (Lipinski definition) is 11. The number of phenolic OH excluding ortho intramolecular Hbond substituents is 2. The van der Waals surface area contributed by atoms with Crippen molar-refractivity contribution in [3.63, 3.8) is 0 Å². The molecule has 5 atom stereocenters. The van der Waals surface area contributed by atoms with E-state index in [1.165, 1.54) is 24.3 Å². The fourth-order valence-electron chi connectivity index (χ4n) is 5.56. The first-order chi connectivity index (χ1) is 26.3. The van der Waals surface area contributed by atoms with Gasteiger partial charge in [-0.25, -0.2) is 4.79 Å². The van der Waals surface area contributed by atoms with Crippen LogP contribution in [0.4, 0.5) is 0 Å². The van der Waals surface area contributed by atoms with Gasteiger partial charge in [-0.15, -0.1) is 0 Å². The number of rotatable bonds is 23. The summed E-state index contributed by atoms with van der Waals surface area (Å²) in [5.41, 5.74) is 17.9. The number of aliphatic imine (C=N–C) groups is 1. The van der Waals surface area contributed by atoms with E-state index >= 15 is 0 Å². The van der Waals surface area contributed by atoms with Crippen LogP contribution in [0.2, 0.25) is 0 Å². The fourth-order valence-corrected chi connectivity index (χ4v) is 5.56. The van der Waals surface area contributed by atoms with Crippen LogP contribution in [0, 0.1) is 11.8 Å². The number of nitrogens with one attached hydrogen (secondary N) is 5. The van der Waals surface area contributed by atoms with Gasteiger partial charge in [-0.05, 0) is 72.9 Å². The first-order valence-corrected chi connectivity index (χ1v) is 18.4. The largest absolute Gasteiger partial charge is 0.508 e. The summed E-state index contributed by atoms with van der Waals surface area (Å²) in [6, 6.07) is 6.12. The lowest BCUT2D eigenvalue weighted by Gasteiger charge is -2.25. The van der Waals surface area contributed by atoms with Crippen molar-refractivity contribution >= 4 is 41.5 Å². The molecule has 0 spiro atoms. The highest BCUT2D eigenvalue weighted by Gasteiger charge is 2.31. The minimum atomic E-state index is -1.24. The van der Waals surface area contributed by atoms with Gasteiger partial charge in [0, 0.05) is 19.4 Å². The molecule has 0 aromatic heterocycles. The Hall–Kier alpha value is -5.91. The molecule has 0 saturated carbocycles. The van der Waals surface area contributed by atoms with E-state index in [0.29, 0.717) is 17.5 Å². The van der Waals surface area contributed by atoms with Crippen molar-refractivity contribution in [2.45, 2.75) is 96.4 Å². The van der Waals surface area contributed by atoms with Crippen LogP contribution in [0.25, 0.3) is 0 Å². The molecule has 2 aromatic rings. The molecule has 0 radical (unpaired) electrons. The standard InChI is InChI=1S/C38H57N9O9/c1-21(2)16-28(46-36(54)30(19-24-9-13-26(49)14-10-24)45-33(51)27(39)6-5-15-42-38(40)41)34(52)43-20-32(50)44-29(18-23-7-11-25(48)12-8-23)35(53)47-31(37(55)56)17-22(3)4/h7-14,21-22,27-31,48-49H,5-6,15-20,39H2,1-4H3,(H,43,52)(H,44,50)(H,45,51)(H,46,54)(H,47,53)(H,55,56)(H4,40,41,42)/t27-,28?,29-,30-,31?/m0/s1. The number of aromatic hydroxyl groups is 2. The van der Waals surface area contributed by atoms with Crippen molar-refractivity contribution in [1.82, 2.24) is 26.6 Å². The molecular weight excluding hydrogens is 726 g/mol. The summed E-state index contributed by atoms with van der Waals surface area (Å²) >= 11 is 0. The summed E-state index contributed by atoms with van der Waals surface area (Å²) in [4.78, 5) is 82.5. The highest BCUT2D eigenvalue weighted by Crippen LogP contribution is 2.14. The van der Waals surface area contributed by atoms with Gasteiger partial charge in [-0.1, -0.05) is 52.0 Å². The van der Waals surface area contributed by atoms with Crippen molar-refractivity contribution in [1.29, 1.82) is 0 Å². The molecule has 18 heteroatoms. The average Bonchev–Trinajstić information content (AvgIpc) is 3.12. The van der Waals surface area contributed by atoms with Gasteiger partial charge in [0.1, 0.15) is 35.7 Å². The second kappa shape index (κ2) is 23.1. The number of benzene rings is 2. The van der Waals surface area contributed by atoms with Gasteiger partial charge in [0.15, 0.2) is 5.96 Å². The number of phenols is 2. The number of carbonyl (C=O) groups is 6. The normalized spacial score (nSPS) is 13.7. The molecule has 308 valence electrons. The zero-order valence-electron chi connectivity index (χ0n) is 32.3. The highest BCUT2D eigenvalue weighted by atomic mass is 16.4. The maximum Gasteiger partial charge on any atom is 0.326 e. The molecule has 0 bridgehead atoms. The second-order valence-corrected chi connectivity index (χ2v) is 14.4. The number of nitrogens with zero attached hydrogens (tertiary/aromatic N) is 1. The van der Waals surface area contributed by atoms with Crippen LogP contribution in [0.15, 0.2) is 53.5 Å². The number of carboxylic acid groups (broad SMARTS) is 1. The van der Waals surface area contributed by atoms with E-state index in [-0.39, 0.29) is 67.9 Å². The Morgan fingerprint density at radius 3 is 1.55 bits per heavy atom. The van der Waals surface area contributed by atoms with Crippen molar-refractivity contribution in [2.24, 2.45) is 34.0 Å². The first kappa shape index (κ1) is 46.2. The maximum absolute atomic E-state index is 13.7. The number of hydrogen-bond acceptors (Lipinski definition) is 10. The molecule has 0 saturated heterocycles. The van der Waals surface area contributed by atoms with E-state index < -0.39 is 72.3 Å². The van der Waals surface area contributed by atoms with Crippen molar-refractivity contribution in [3.8, 4) is 11.5 Å². The number of guanidine groups is 1. The van der Waals surface area contributed by atoms with E-state index in [0.717, 1.165) is 0 Å². The van der Waals surface area contributed by atoms with Crippen LogP contribution in [-0.2, 0) is 41.6 Å². The van der Waals surface area contributed by atoms with Gasteiger partial charge in [0.25, 0.3) is 0 Å². The first-order valence-electron chi connectivity index (χ1n) is 18.4. The number of nitrogens with two attached hydrogens (primary N) is 3. The molecule has 18 nitrogen and oxygen atoms in total.